The number of benzene rings is 2. The first-order chi connectivity index (χ1) is 19.0. The van der Waals surface area contributed by atoms with Crippen molar-refractivity contribution in [3.8, 4) is 0 Å². The number of hydrogen-bond donors (Lipinski definition) is 1. The van der Waals surface area contributed by atoms with Crippen LogP contribution in [0.15, 0.2) is 53.4 Å². The van der Waals surface area contributed by atoms with Gasteiger partial charge in [0.1, 0.15) is 0 Å². The molecule has 0 spiro atoms. The van der Waals surface area contributed by atoms with E-state index in [4.69, 9.17) is 4.74 Å². The molecule has 3 aliphatic heterocycles. The molecule has 0 aliphatic carbocycles. The van der Waals surface area contributed by atoms with Gasteiger partial charge >= 0.3 is 12.1 Å². The molecule has 0 saturated carbocycles. The molecule has 8 nitrogen and oxygen atoms in total. The van der Waals surface area contributed by atoms with Crippen LogP contribution in [0, 0.1) is 0 Å². The van der Waals surface area contributed by atoms with Crippen LogP contribution in [-0.2, 0) is 25.7 Å². The van der Waals surface area contributed by atoms with E-state index in [0.29, 0.717) is 43.5 Å². The first kappa shape index (κ1) is 29.4. The molecule has 1 atom stereocenters. The molecule has 2 aromatic rings. The molecule has 1 N–H and O–H groups in total. The maximum absolute atomic E-state index is 14.1. The largest absolute Gasteiger partial charge is 0.480 e. The number of carboxylic acid groups (broad SMARTS) is 1. The minimum absolute atomic E-state index is 0.0374. The van der Waals surface area contributed by atoms with Crippen LogP contribution < -0.4 is 9.21 Å². The second-order valence-corrected chi connectivity index (χ2v) is 13.9. The second-order valence-electron chi connectivity index (χ2n) is 12.1. The summed E-state index contributed by atoms with van der Waals surface area (Å²) < 4.78 is 76.0. The average molecular weight is 594 g/mol. The zero-order chi connectivity index (χ0) is 30.0. The molecule has 222 valence electrons. The van der Waals surface area contributed by atoms with Crippen molar-refractivity contribution in [3.05, 3.63) is 59.7 Å². The maximum Gasteiger partial charge on any atom is 0.416 e. The van der Waals surface area contributed by atoms with Crippen LogP contribution in [0.1, 0.15) is 45.2 Å². The maximum atomic E-state index is 14.1. The molecular weight excluding hydrogens is 559 g/mol. The Morgan fingerprint density at radius 2 is 1.78 bits per heavy atom. The summed E-state index contributed by atoms with van der Waals surface area (Å²) in [6.45, 7) is 8.94. The third-order valence-electron chi connectivity index (χ3n) is 7.65. The molecule has 3 aliphatic rings. The molecule has 0 radical (unpaired) electrons. The Kier molecular flexibility index (Phi) is 7.19. The molecule has 41 heavy (non-hydrogen) atoms. The van der Waals surface area contributed by atoms with Gasteiger partial charge in [-0.15, -0.1) is 0 Å². The van der Waals surface area contributed by atoms with Gasteiger partial charge in [0.05, 0.1) is 52.2 Å². The van der Waals surface area contributed by atoms with Gasteiger partial charge in [0.2, 0.25) is 0 Å². The van der Waals surface area contributed by atoms with Crippen LogP contribution in [0.4, 0.5) is 24.5 Å². The molecule has 0 aromatic heterocycles. The Hall–Kier alpha value is -3.09. The van der Waals surface area contributed by atoms with E-state index in [1.807, 2.05) is 45.9 Å². The zero-order valence-electron chi connectivity index (χ0n) is 23.4. The number of piperazine rings is 1. The van der Waals surface area contributed by atoms with Gasteiger partial charge in [-0.3, -0.25) is 14.0 Å². The molecule has 5 rings (SSSR count). The van der Waals surface area contributed by atoms with Gasteiger partial charge in [-0.05, 0) is 75.2 Å². The van der Waals surface area contributed by atoms with Crippen LogP contribution in [0.25, 0.3) is 5.57 Å². The van der Waals surface area contributed by atoms with Crippen LogP contribution in [0.5, 0.6) is 0 Å². The van der Waals surface area contributed by atoms with Crippen molar-refractivity contribution in [1.82, 2.24) is 4.90 Å². The number of ether oxygens (including phenoxy) is 1. The Morgan fingerprint density at radius 1 is 1.05 bits per heavy atom. The van der Waals surface area contributed by atoms with Gasteiger partial charge in [-0.1, -0.05) is 12.1 Å². The number of nitrogens with zero attached hydrogens (tertiary/aromatic N) is 3. The van der Waals surface area contributed by atoms with Crippen molar-refractivity contribution in [2.75, 3.05) is 41.9 Å². The fraction of sp³-hybridized carbons (Fsp3) is 0.483. The number of halogens is 3. The number of fused-ring (bicyclic) bond motifs is 3. The summed E-state index contributed by atoms with van der Waals surface area (Å²) in [7, 11) is -4.41. The minimum Gasteiger partial charge on any atom is -0.480 e. The lowest BCUT2D eigenvalue weighted by Gasteiger charge is -2.49. The summed E-state index contributed by atoms with van der Waals surface area (Å²) in [5, 5.41) is 9.30. The number of anilines is 2. The average Bonchev–Trinajstić information content (AvgIpc) is 2.85. The fourth-order valence-electron chi connectivity index (χ4n) is 6.26. The van der Waals surface area contributed by atoms with E-state index < -0.39 is 43.8 Å². The molecule has 1 fully saturated rings. The van der Waals surface area contributed by atoms with Crippen LogP contribution in [-0.4, -0.2) is 74.4 Å². The van der Waals surface area contributed by atoms with Crippen molar-refractivity contribution >= 4 is 32.9 Å². The van der Waals surface area contributed by atoms with E-state index in [1.54, 1.807) is 11.0 Å². The number of aliphatic carboxylic acids is 1. The van der Waals surface area contributed by atoms with Gasteiger partial charge in [0, 0.05) is 26.1 Å². The van der Waals surface area contributed by atoms with Crippen molar-refractivity contribution in [2.24, 2.45) is 0 Å². The molecule has 0 bridgehead atoms. The Labute approximate surface area is 238 Å². The van der Waals surface area contributed by atoms with Gasteiger partial charge in [0.15, 0.2) is 0 Å². The Morgan fingerprint density at radius 3 is 2.44 bits per heavy atom. The van der Waals surface area contributed by atoms with Crippen LogP contribution in [0.2, 0.25) is 0 Å². The molecular formula is C29H34F3N3O5S. The van der Waals surface area contributed by atoms with Crippen LogP contribution in [0.3, 0.4) is 0 Å². The SMILES string of the molecule is CC1(C)C=C(c2ccc3c(c2)N(S(=O)(=O)c2cccc(C(F)(F)F)c2)C[C@@H]2CN(CC(=O)O)CCN32)CC(C)(C)O1. The quantitative estimate of drug-likeness (QED) is 0.530. The molecule has 0 unspecified atom stereocenters. The molecule has 12 heteroatoms. The second kappa shape index (κ2) is 10.0. The lowest BCUT2D eigenvalue weighted by atomic mass is 9.85. The summed E-state index contributed by atoms with van der Waals surface area (Å²) >= 11 is 0. The smallest absolute Gasteiger partial charge is 0.416 e. The highest BCUT2D eigenvalue weighted by Gasteiger charge is 2.42. The zero-order valence-corrected chi connectivity index (χ0v) is 24.2. The predicted molar refractivity (Wildman–Crippen MR) is 149 cm³/mol. The number of carbonyl (C=O) groups is 1. The number of alkyl halides is 3. The van der Waals surface area contributed by atoms with Gasteiger partial charge in [-0.25, -0.2) is 8.42 Å². The van der Waals surface area contributed by atoms with E-state index in [1.165, 1.54) is 10.4 Å². The van der Waals surface area contributed by atoms with Crippen molar-refractivity contribution in [1.29, 1.82) is 0 Å². The first-order valence-electron chi connectivity index (χ1n) is 13.4. The number of sulfonamides is 1. The van der Waals surface area contributed by atoms with Crippen molar-refractivity contribution in [3.63, 3.8) is 0 Å². The fourth-order valence-corrected chi connectivity index (χ4v) is 7.82. The molecule has 0 amide bonds. The summed E-state index contributed by atoms with van der Waals surface area (Å²) in [5.74, 6) is -0.983. The number of rotatable bonds is 5. The highest BCUT2D eigenvalue weighted by atomic mass is 32.2. The Bertz CT molecular complexity index is 1500. The summed E-state index contributed by atoms with van der Waals surface area (Å²) in [5.41, 5.74) is 0.751. The Balaban J connectivity index is 1.62. The summed E-state index contributed by atoms with van der Waals surface area (Å²) in [6.07, 6.45) is -2.10. The lowest BCUT2D eigenvalue weighted by Crippen LogP contribution is -2.61. The van der Waals surface area contributed by atoms with Gasteiger partial charge < -0.3 is 14.7 Å². The van der Waals surface area contributed by atoms with E-state index >= 15 is 0 Å². The third-order valence-corrected chi connectivity index (χ3v) is 9.43. The normalized spacial score (nSPS) is 22.5. The van der Waals surface area contributed by atoms with Crippen molar-refractivity contribution in [2.45, 2.75) is 62.4 Å². The lowest BCUT2D eigenvalue weighted by molar-refractivity contribution is -0.139. The minimum atomic E-state index is -4.70. The number of carboxylic acids is 1. The predicted octanol–water partition coefficient (Wildman–Crippen LogP) is 4.85. The molecule has 1 saturated heterocycles. The highest BCUT2D eigenvalue weighted by molar-refractivity contribution is 7.92. The topological polar surface area (TPSA) is 90.4 Å². The number of hydrogen-bond acceptors (Lipinski definition) is 6. The highest BCUT2D eigenvalue weighted by Crippen LogP contribution is 2.44. The summed E-state index contributed by atoms with van der Waals surface area (Å²) in [6, 6.07) is 8.97. The molecule has 2 aromatic carbocycles. The van der Waals surface area contributed by atoms with Crippen molar-refractivity contribution < 1.29 is 36.2 Å². The van der Waals surface area contributed by atoms with E-state index in [2.05, 4.69) is 4.90 Å². The van der Waals surface area contributed by atoms with E-state index in [0.717, 1.165) is 23.3 Å². The van der Waals surface area contributed by atoms with Crippen LogP contribution >= 0.6 is 0 Å². The molecule has 3 heterocycles. The van der Waals surface area contributed by atoms with E-state index in [9.17, 15) is 31.5 Å². The monoisotopic (exact) mass is 593 g/mol. The van der Waals surface area contributed by atoms with E-state index in [-0.39, 0.29) is 19.1 Å². The third kappa shape index (κ3) is 5.96. The van der Waals surface area contributed by atoms with Gasteiger partial charge in [0.25, 0.3) is 10.0 Å². The summed E-state index contributed by atoms with van der Waals surface area (Å²) in [4.78, 5) is 14.7. The standard InChI is InChI=1S/C29H34F3N3O5S/c1-27(2)14-20(15-28(3,4)40-27)19-8-9-24-25(12-19)35(17-22-16-33(18-26(36)37)10-11-34(22)24)41(38,39)23-7-5-6-21(13-23)29(30,31)32/h5-9,12-14,22H,10-11,15-18H2,1-4H3,(H,36,37)/t22-/m0/s1. The van der Waals surface area contributed by atoms with Gasteiger partial charge in [-0.2, -0.15) is 13.2 Å². The first-order valence-corrected chi connectivity index (χ1v) is 14.9.